The lowest BCUT2D eigenvalue weighted by atomic mass is 10.1. The van der Waals surface area contributed by atoms with Gasteiger partial charge >= 0.3 is 0 Å². The maximum Gasteiger partial charge on any atom is 0.200 e. The van der Waals surface area contributed by atoms with Crippen molar-refractivity contribution in [2.45, 2.75) is 97.1 Å². The van der Waals surface area contributed by atoms with Crippen LogP contribution in [0.4, 0.5) is 11.4 Å². The highest BCUT2D eigenvalue weighted by atomic mass is 28.4. The van der Waals surface area contributed by atoms with Crippen LogP contribution in [0.2, 0.25) is 36.3 Å². The van der Waals surface area contributed by atoms with Gasteiger partial charge < -0.3 is 23.1 Å². The summed E-state index contributed by atoms with van der Waals surface area (Å²) in [7, 11) is -3.87. The minimum absolute atomic E-state index is 0.0170. The molecular formula is C33H52N2O4Si2. The van der Waals surface area contributed by atoms with Gasteiger partial charge in [0.25, 0.3) is 0 Å². The van der Waals surface area contributed by atoms with Gasteiger partial charge in [-0.15, -0.1) is 0 Å². The Kier molecular flexibility index (Phi) is 9.20. The number of anilines is 2. The van der Waals surface area contributed by atoms with E-state index in [2.05, 4.69) is 83.6 Å². The molecule has 0 unspecified atom stereocenters. The van der Waals surface area contributed by atoms with E-state index >= 15 is 0 Å². The molecule has 2 aromatic carbocycles. The fourth-order valence-corrected chi connectivity index (χ4v) is 6.67. The van der Waals surface area contributed by atoms with E-state index in [9.17, 15) is 4.79 Å². The lowest BCUT2D eigenvalue weighted by Crippen LogP contribution is -2.46. The van der Waals surface area contributed by atoms with E-state index < -0.39 is 16.6 Å². The summed E-state index contributed by atoms with van der Waals surface area (Å²) in [5, 5.41) is 1.49. The predicted octanol–water partition coefficient (Wildman–Crippen LogP) is 8.74. The Morgan fingerprint density at radius 3 is 1.98 bits per heavy atom. The molecule has 1 aliphatic heterocycles. The highest BCUT2D eigenvalue weighted by Gasteiger charge is 2.38. The molecule has 1 fully saturated rings. The number of hydrogen-bond donors (Lipinski definition) is 0. The minimum Gasteiger partial charge on any atom is -0.456 e. The lowest BCUT2D eigenvalue weighted by Gasteiger charge is -2.39. The molecule has 0 aliphatic carbocycles. The molecule has 1 aliphatic rings. The summed E-state index contributed by atoms with van der Waals surface area (Å²) >= 11 is 0. The van der Waals surface area contributed by atoms with Crippen molar-refractivity contribution in [1.82, 2.24) is 0 Å². The molecule has 8 heteroatoms. The molecule has 1 aromatic heterocycles. The van der Waals surface area contributed by atoms with Gasteiger partial charge in [0.15, 0.2) is 16.6 Å². The average Bonchev–Trinajstić information content (AvgIpc) is 2.89. The fourth-order valence-electron chi connectivity index (χ4n) is 4.73. The van der Waals surface area contributed by atoms with Crippen molar-refractivity contribution in [3.8, 4) is 0 Å². The molecule has 0 bridgehead atoms. The van der Waals surface area contributed by atoms with Gasteiger partial charge in [-0.3, -0.25) is 4.79 Å². The summed E-state index contributed by atoms with van der Waals surface area (Å²) in [5.41, 5.74) is 3.38. The maximum atomic E-state index is 13.5. The number of fused-ring (bicyclic) bond motifs is 2. The molecule has 6 nitrogen and oxygen atoms in total. The van der Waals surface area contributed by atoms with E-state index in [-0.39, 0.29) is 15.5 Å². The second-order valence-corrected chi connectivity index (χ2v) is 24.4. The van der Waals surface area contributed by atoms with E-state index in [1.807, 2.05) is 30.3 Å². The smallest absolute Gasteiger partial charge is 0.200 e. The van der Waals surface area contributed by atoms with Crippen LogP contribution in [0.5, 0.6) is 0 Å². The monoisotopic (exact) mass is 596 g/mol. The lowest BCUT2D eigenvalue weighted by molar-refractivity contribution is 0.256. The van der Waals surface area contributed by atoms with Crippen molar-refractivity contribution >= 4 is 49.9 Å². The molecule has 4 rings (SSSR count). The Labute approximate surface area is 249 Å². The highest BCUT2D eigenvalue weighted by Crippen LogP contribution is 2.38. The number of hydrogen-bond acceptors (Lipinski definition) is 6. The summed E-state index contributed by atoms with van der Waals surface area (Å²) in [4.78, 5) is 18.1. The van der Waals surface area contributed by atoms with Crippen LogP contribution in [0.3, 0.4) is 0 Å². The van der Waals surface area contributed by atoms with E-state index in [1.54, 1.807) is 0 Å². The van der Waals surface area contributed by atoms with Crippen molar-refractivity contribution in [1.29, 1.82) is 0 Å². The molecule has 1 saturated heterocycles. The van der Waals surface area contributed by atoms with Crippen LogP contribution in [-0.2, 0) is 8.85 Å². The van der Waals surface area contributed by atoms with Crippen LogP contribution in [0.15, 0.2) is 45.6 Å². The molecule has 41 heavy (non-hydrogen) atoms. The topological polar surface area (TPSA) is 55.2 Å². The van der Waals surface area contributed by atoms with Crippen molar-refractivity contribution in [2.75, 3.05) is 42.8 Å². The molecule has 0 amide bonds. The van der Waals surface area contributed by atoms with E-state index in [4.69, 9.17) is 13.3 Å². The van der Waals surface area contributed by atoms with Gasteiger partial charge in [-0.1, -0.05) is 41.5 Å². The first-order valence-corrected chi connectivity index (χ1v) is 21.1. The fraction of sp³-hybridized carbons (Fsp3) is 0.606. The summed E-state index contributed by atoms with van der Waals surface area (Å²) < 4.78 is 19.7. The van der Waals surface area contributed by atoms with E-state index in [0.717, 1.165) is 24.5 Å². The van der Waals surface area contributed by atoms with Crippen molar-refractivity contribution in [2.24, 2.45) is 0 Å². The van der Waals surface area contributed by atoms with E-state index in [1.165, 1.54) is 19.3 Å². The average molecular weight is 597 g/mol. The molecule has 0 saturated carbocycles. The Hall–Kier alpha value is -2.14. The Balaban J connectivity index is 1.67. The summed E-state index contributed by atoms with van der Waals surface area (Å²) in [6.07, 6.45) is 3.69. The Morgan fingerprint density at radius 1 is 0.805 bits per heavy atom. The highest BCUT2D eigenvalue weighted by molar-refractivity contribution is 6.74. The molecule has 0 N–H and O–H groups in total. The summed E-state index contributed by atoms with van der Waals surface area (Å²) in [5.74, 6) is 0. The third-order valence-electron chi connectivity index (χ3n) is 9.74. The molecular weight excluding hydrogens is 545 g/mol. The van der Waals surface area contributed by atoms with Crippen LogP contribution in [0, 0.1) is 0 Å². The Bertz CT molecular complexity index is 1410. The van der Waals surface area contributed by atoms with Gasteiger partial charge in [0, 0.05) is 43.1 Å². The van der Waals surface area contributed by atoms with Crippen LogP contribution in [0.25, 0.3) is 21.9 Å². The molecule has 0 radical (unpaired) electrons. The number of nitrogens with zero attached hydrogens (tertiary/aromatic N) is 2. The Morgan fingerprint density at radius 2 is 1.37 bits per heavy atom. The molecule has 2 heterocycles. The zero-order valence-corrected chi connectivity index (χ0v) is 29.1. The summed E-state index contributed by atoms with van der Waals surface area (Å²) in [6, 6.07) is 12.0. The predicted molar refractivity (Wildman–Crippen MR) is 180 cm³/mol. The quantitative estimate of drug-likeness (QED) is 0.140. The van der Waals surface area contributed by atoms with Crippen LogP contribution in [0.1, 0.15) is 60.8 Å². The van der Waals surface area contributed by atoms with Gasteiger partial charge in [0.2, 0.25) is 5.43 Å². The van der Waals surface area contributed by atoms with E-state index in [0.29, 0.717) is 41.8 Å². The van der Waals surface area contributed by atoms with Crippen molar-refractivity contribution < 1.29 is 13.3 Å². The molecule has 0 atom stereocenters. The second-order valence-electron chi connectivity index (χ2n) is 14.7. The van der Waals surface area contributed by atoms with Crippen molar-refractivity contribution in [3.05, 3.63) is 46.6 Å². The zero-order chi connectivity index (χ0) is 30.2. The number of rotatable bonds is 9. The molecule has 0 spiro atoms. The number of benzene rings is 2. The minimum atomic E-state index is -1.98. The second kappa shape index (κ2) is 11.9. The maximum absolute atomic E-state index is 13.5. The SMILES string of the molecule is CC(C)(C)[Si](C)(C)OCCN(CO[Si](C)(C)C(C)(C)C)c1ccc2c(=O)c3ccc(N4CCCCC4)cc3oc2c1. The molecule has 226 valence electrons. The summed E-state index contributed by atoms with van der Waals surface area (Å²) in [6.45, 7) is 26.6. The first-order valence-electron chi connectivity index (χ1n) is 15.3. The van der Waals surface area contributed by atoms with Gasteiger partial charge in [-0.2, -0.15) is 0 Å². The first-order chi connectivity index (χ1) is 19.0. The zero-order valence-electron chi connectivity index (χ0n) is 27.1. The van der Waals surface area contributed by atoms with Gasteiger partial charge in [0.1, 0.15) is 17.9 Å². The van der Waals surface area contributed by atoms with Crippen LogP contribution >= 0.6 is 0 Å². The largest absolute Gasteiger partial charge is 0.456 e. The normalized spacial score (nSPS) is 15.6. The standard InChI is InChI=1S/C33H52N2O4Si2/c1-32(2,3)40(7,8)37-21-20-35(24-38-41(9,10)33(4,5)6)26-15-17-28-30(23-26)39-29-22-25(14-16-27(29)31(28)36)34-18-12-11-13-19-34/h14-17,22-23H,11-13,18-21,24H2,1-10H3. The van der Waals surface area contributed by atoms with Crippen LogP contribution < -0.4 is 15.2 Å². The molecule has 3 aromatic rings. The third kappa shape index (κ3) is 7.09. The van der Waals surface area contributed by atoms with Gasteiger partial charge in [0.05, 0.1) is 17.4 Å². The van der Waals surface area contributed by atoms with Gasteiger partial charge in [-0.05, 0) is 79.8 Å². The van der Waals surface area contributed by atoms with Crippen LogP contribution in [-0.4, -0.2) is 49.6 Å². The third-order valence-corrected chi connectivity index (χ3v) is 18.7. The first kappa shape index (κ1) is 31.8. The number of piperidine rings is 1. The van der Waals surface area contributed by atoms with Gasteiger partial charge in [-0.25, -0.2) is 0 Å². The van der Waals surface area contributed by atoms with Crippen molar-refractivity contribution in [3.63, 3.8) is 0 Å².